The normalized spacial score (nSPS) is 24.4. The quantitative estimate of drug-likeness (QED) is 0.700. The molecule has 0 radical (unpaired) electrons. The molecule has 1 amide bonds. The SMILES string of the molecule is COC(=O)c1cccc(C(=O)N2CC3(CN(CCc4ccccc4)C[C@@H]4C[C@@H](O)CN43)C2)c1. The van der Waals surface area contributed by atoms with Gasteiger partial charge in [-0.3, -0.25) is 14.6 Å². The standard InChI is InChI=1S/C26H31N3O4/c1-33-25(32)21-9-5-8-20(12-21)24(31)28-17-26(18-28)16-27(11-10-19-6-3-2-4-7-19)14-22-13-23(30)15-29(22)26/h2-9,12,22-23,30H,10-11,13-18H2,1H3/t22-,23+/m0/s1. The summed E-state index contributed by atoms with van der Waals surface area (Å²) in [6, 6.07) is 17.6. The first-order valence-electron chi connectivity index (χ1n) is 11.7. The van der Waals surface area contributed by atoms with Crippen molar-refractivity contribution in [1.82, 2.24) is 14.7 Å². The first kappa shape index (κ1) is 22.1. The summed E-state index contributed by atoms with van der Waals surface area (Å²) in [5, 5.41) is 10.4. The molecule has 3 aliphatic heterocycles. The molecule has 2 atom stereocenters. The van der Waals surface area contributed by atoms with Crippen molar-refractivity contribution in [1.29, 1.82) is 0 Å². The summed E-state index contributed by atoms with van der Waals surface area (Å²) >= 11 is 0. The molecule has 0 saturated carbocycles. The van der Waals surface area contributed by atoms with Crippen molar-refractivity contribution >= 4 is 11.9 Å². The minimum Gasteiger partial charge on any atom is -0.465 e. The molecule has 3 saturated heterocycles. The van der Waals surface area contributed by atoms with Gasteiger partial charge in [-0.15, -0.1) is 0 Å². The number of β-amino-alcohol motifs (C(OH)–C–C–N with tert-alkyl or cyclic N) is 1. The number of carbonyl (C=O) groups is 2. The summed E-state index contributed by atoms with van der Waals surface area (Å²) in [6.07, 6.45) is 1.48. The third-order valence-corrected chi connectivity index (χ3v) is 7.34. The van der Waals surface area contributed by atoms with Crippen LogP contribution in [0.1, 0.15) is 32.7 Å². The molecule has 0 aromatic heterocycles. The Balaban J connectivity index is 1.28. The number of benzene rings is 2. The average Bonchev–Trinajstić information content (AvgIpc) is 3.21. The van der Waals surface area contributed by atoms with Crippen molar-refractivity contribution in [3.63, 3.8) is 0 Å². The number of likely N-dealkylation sites (tertiary alicyclic amines) is 1. The molecule has 1 spiro atoms. The van der Waals surface area contributed by atoms with Crippen molar-refractivity contribution in [2.75, 3.05) is 46.4 Å². The van der Waals surface area contributed by atoms with Crippen molar-refractivity contribution in [3.05, 3.63) is 71.3 Å². The number of aliphatic hydroxyl groups excluding tert-OH is 1. The highest BCUT2D eigenvalue weighted by Crippen LogP contribution is 2.39. The van der Waals surface area contributed by atoms with Crippen LogP contribution >= 0.6 is 0 Å². The van der Waals surface area contributed by atoms with Gasteiger partial charge in [-0.05, 0) is 36.6 Å². The average molecular weight is 450 g/mol. The van der Waals surface area contributed by atoms with E-state index in [2.05, 4.69) is 34.1 Å². The molecule has 2 aromatic rings. The first-order chi connectivity index (χ1) is 16.0. The summed E-state index contributed by atoms with van der Waals surface area (Å²) in [6.45, 7) is 4.78. The second-order valence-corrected chi connectivity index (χ2v) is 9.62. The van der Waals surface area contributed by atoms with E-state index in [1.165, 1.54) is 12.7 Å². The monoisotopic (exact) mass is 449 g/mol. The summed E-state index contributed by atoms with van der Waals surface area (Å²) in [4.78, 5) is 31.8. The fourth-order valence-electron chi connectivity index (χ4n) is 5.79. The van der Waals surface area contributed by atoms with Gasteiger partial charge in [0.05, 0.1) is 24.3 Å². The van der Waals surface area contributed by atoms with E-state index in [1.807, 2.05) is 11.0 Å². The lowest BCUT2D eigenvalue weighted by Crippen LogP contribution is -2.78. The number of methoxy groups -OCH3 is 1. The molecule has 7 heteroatoms. The smallest absolute Gasteiger partial charge is 0.337 e. The third kappa shape index (κ3) is 4.28. The van der Waals surface area contributed by atoms with Crippen LogP contribution in [0.2, 0.25) is 0 Å². The van der Waals surface area contributed by atoms with Gasteiger partial charge in [0.2, 0.25) is 0 Å². The van der Waals surface area contributed by atoms with E-state index in [-0.39, 0.29) is 17.6 Å². The number of hydrogen-bond acceptors (Lipinski definition) is 6. The van der Waals surface area contributed by atoms with Gasteiger partial charge < -0.3 is 14.7 Å². The molecular weight excluding hydrogens is 418 g/mol. The largest absolute Gasteiger partial charge is 0.465 e. The van der Waals surface area contributed by atoms with Crippen LogP contribution in [0.3, 0.4) is 0 Å². The molecule has 174 valence electrons. The van der Waals surface area contributed by atoms with Crippen LogP contribution in [-0.4, -0.2) is 95.7 Å². The molecule has 0 bridgehead atoms. The maximum absolute atomic E-state index is 13.2. The van der Waals surface area contributed by atoms with Crippen LogP contribution in [0.25, 0.3) is 0 Å². The van der Waals surface area contributed by atoms with E-state index < -0.39 is 5.97 Å². The van der Waals surface area contributed by atoms with Crippen molar-refractivity contribution in [3.8, 4) is 0 Å². The van der Waals surface area contributed by atoms with Crippen LogP contribution in [0.5, 0.6) is 0 Å². The highest BCUT2D eigenvalue weighted by Gasteiger charge is 2.57. The Morgan fingerprint density at radius 1 is 1.03 bits per heavy atom. The minimum absolute atomic E-state index is 0.0657. The Bertz CT molecular complexity index is 1020. The maximum Gasteiger partial charge on any atom is 0.337 e. The number of nitrogens with zero attached hydrogens (tertiary/aromatic N) is 3. The Morgan fingerprint density at radius 2 is 1.79 bits per heavy atom. The molecule has 33 heavy (non-hydrogen) atoms. The van der Waals surface area contributed by atoms with Crippen molar-refractivity contribution in [2.45, 2.75) is 30.5 Å². The number of piperazine rings is 1. The number of fused-ring (bicyclic) bond motifs is 2. The lowest BCUT2D eigenvalue weighted by molar-refractivity contribution is -0.0995. The van der Waals surface area contributed by atoms with Gasteiger partial charge in [0.15, 0.2) is 0 Å². The van der Waals surface area contributed by atoms with Crippen LogP contribution in [0.15, 0.2) is 54.6 Å². The Kier molecular flexibility index (Phi) is 5.95. The minimum atomic E-state index is -0.444. The molecule has 5 rings (SSSR count). The highest BCUT2D eigenvalue weighted by atomic mass is 16.5. The zero-order valence-corrected chi connectivity index (χ0v) is 19.0. The van der Waals surface area contributed by atoms with Crippen molar-refractivity contribution < 1.29 is 19.4 Å². The molecule has 2 aromatic carbocycles. The second-order valence-electron chi connectivity index (χ2n) is 9.62. The molecule has 1 N–H and O–H groups in total. The van der Waals surface area contributed by atoms with E-state index in [9.17, 15) is 14.7 Å². The fraction of sp³-hybridized carbons (Fsp3) is 0.462. The molecule has 0 unspecified atom stereocenters. The number of esters is 1. The molecular formula is C26H31N3O4. The van der Waals surface area contributed by atoms with E-state index in [1.54, 1.807) is 24.3 Å². The summed E-state index contributed by atoms with van der Waals surface area (Å²) < 4.78 is 4.79. The summed E-state index contributed by atoms with van der Waals surface area (Å²) in [7, 11) is 1.34. The lowest BCUT2D eigenvalue weighted by atomic mass is 9.83. The zero-order valence-electron chi connectivity index (χ0n) is 19.0. The van der Waals surface area contributed by atoms with E-state index in [0.717, 1.165) is 32.5 Å². The molecule has 3 fully saturated rings. The number of amides is 1. The van der Waals surface area contributed by atoms with Gasteiger partial charge >= 0.3 is 5.97 Å². The van der Waals surface area contributed by atoms with Gasteiger partial charge in [-0.2, -0.15) is 0 Å². The van der Waals surface area contributed by atoms with Crippen LogP contribution in [0, 0.1) is 0 Å². The lowest BCUT2D eigenvalue weighted by Gasteiger charge is -2.61. The number of hydrogen-bond donors (Lipinski definition) is 1. The topological polar surface area (TPSA) is 73.3 Å². The van der Waals surface area contributed by atoms with Gasteiger partial charge in [-0.1, -0.05) is 36.4 Å². The molecule has 7 nitrogen and oxygen atoms in total. The first-order valence-corrected chi connectivity index (χ1v) is 11.7. The number of ether oxygens (including phenoxy) is 1. The van der Waals surface area contributed by atoms with E-state index >= 15 is 0 Å². The number of carbonyl (C=O) groups excluding carboxylic acids is 2. The van der Waals surface area contributed by atoms with Crippen LogP contribution in [-0.2, 0) is 11.2 Å². The van der Waals surface area contributed by atoms with Gasteiger partial charge in [-0.25, -0.2) is 4.79 Å². The zero-order chi connectivity index (χ0) is 23.0. The summed E-state index contributed by atoms with van der Waals surface area (Å²) in [5.41, 5.74) is 2.09. The van der Waals surface area contributed by atoms with Crippen LogP contribution < -0.4 is 0 Å². The predicted octanol–water partition coefficient (Wildman–Crippen LogP) is 1.66. The van der Waals surface area contributed by atoms with Crippen molar-refractivity contribution in [2.24, 2.45) is 0 Å². The molecule has 3 aliphatic rings. The molecule has 0 aliphatic carbocycles. The highest BCUT2D eigenvalue weighted by molar-refractivity contribution is 5.98. The predicted molar refractivity (Wildman–Crippen MR) is 124 cm³/mol. The van der Waals surface area contributed by atoms with Gasteiger partial charge in [0, 0.05) is 50.9 Å². The van der Waals surface area contributed by atoms with Gasteiger partial charge in [0.1, 0.15) is 0 Å². The Hall–Kier alpha value is -2.74. The number of rotatable bonds is 5. The number of aliphatic hydroxyl groups is 1. The third-order valence-electron chi connectivity index (χ3n) is 7.34. The summed E-state index contributed by atoms with van der Waals surface area (Å²) in [5.74, 6) is -0.510. The Labute approximate surface area is 194 Å². The van der Waals surface area contributed by atoms with Gasteiger partial charge in [0.25, 0.3) is 5.91 Å². The van der Waals surface area contributed by atoms with E-state index in [4.69, 9.17) is 4.74 Å². The van der Waals surface area contributed by atoms with Crippen LogP contribution in [0.4, 0.5) is 0 Å². The maximum atomic E-state index is 13.2. The fourth-order valence-corrected chi connectivity index (χ4v) is 5.79. The second kappa shape index (κ2) is 8.89. The van der Waals surface area contributed by atoms with E-state index in [0.29, 0.717) is 36.8 Å². The Morgan fingerprint density at radius 3 is 2.55 bits per heavy atom. The molecule has 3 heterocycles.